The fourth-order valence-corrected chi connectivity index (χ4v) is 5.55. The van der Waals surface area contributed by atoms with Crippen LogP contribution in [0.15, 0.2) is 36.1 Å². The summed E-state index contributed by atoms with van der Waals surface area (Å²) in [7, 11) is 1.42. The van der Waals surface area contributed by atoms with Gasteiger partial charge in [-0.25, -0.2) is 4.39 Å². The van der Waals surface area contributed by atoms with E-state index in [1.54, 1.807) is 6.26 Å². The zero-order chi connectivity index (χ0) is 23.6. The molecule has 33 heavy (non-hydrogen) atoms. The van der Waals surface area contributed by atoms with Crippen molar-refractivity contribution in [3.8, 4) is 0 Å². The minimum Gasteiger partial charge on any atom is -0.469 e. The molecule has 0 aromatic carbocycles. The molecule has 2 aliphatic carbocycles. The Bertz CT molecular complexity index is 743. The number of alkyl halides is 1. The van der Waals surface area contributed by atoms with Crippen LogP contribution in [0.5, 0.6) is 0 Å². The van der Waals surface area contributed by atoms with Gasteiger partial charge in [-0.3, -0.25) is 9.59 Å². The first-order valence-electron chi connectivity index (χ1n) is 12.6. The second kappa shape index (κ2) is 13.1. The maximum Gasteiger partial charge on any atom is 0.305 e. The summed E-state index contributed by atoms with van der Waals surface area (Å²) in [5.74, 6) is 0.762. The molecule has 3 aliphatic rings. The average Bonchev–Trinajstić information content (AvgIpc) is 3.36. The lowest BCUT2D eigenvalue weighted by atomic mass is 9.86. The van der Waals surface area contributed by atoms with Crippen LogP contribution < -0.4 is 0 Å². The van der Waals surface area contributed by atoms with Crippen molar-refractivity contribution in [2.45, 2.75) is 96.1 Å². The van der Waals surface area contributed by atoms with Crippen molar-refractivity contribution in [3.05, 3.63) is 36.1 Å². The third kappa shape index (κ3) is 7.53. The van der Waals surface area contributed by atoms with Gasteiger partial charge in [-0.15, -0.1) is 0 Å². The molecule has 6 heteroatoms. The summed E-state index contributed by atoms with van der Waals surface area (Å²) < 4.78 is 30.8. The number of Topliss-reactive ketones (excluding diaryl/α,β-unsaturated/α-hetero) is 1. The van der Waals surface area contributed by atoms with Gasteiger partial charge in [0.1, 0.15) is 0 Å². The van der Waals surface area contributed by atoms with Crippen molar-refractivity contribution in [2.24, 2.45) is 17.8 Å². The highest BCUT2D eigenvalue weighted by Gasteiger charge is 2.47. The second-order valence-corrected chi connectivity index (χ2v) is 9.57. The van der Waals surface area contributed by atoms with Crippen LogP contribution in [0.1, 0.15) is 77.6 Å². The molecule has 0 saturated heterocycles. The standard InChI is InChI=1S/C27H39FO5/c1-3-4-10-23(28)24(29)14-13-21-22-17-19(9-5-6-11-26(30)31-2)16-20(22)18-25(21)33-27-12-7-8-15-32-27/h7-9,12,15,20-23,25,27H,3-6,10-11,13-14,16-18H2,1-2H3/b19-9+/t20-,21?,22-,23?,25+,27+/m0/s1. The Hall–Kier alpha value is -1.95. The molecular formula is C27H39FO5. The van der Waals surface area contributed by atoms with E-state index >= 15 is 0 Å². The van der Waals surface area contributed by atoms with Crippen LogP contribution in [0.4, 0.5) is 4.39 Å². The average molecular weight is 463 g/mol. The van der Waals surface area contributed by atoms with Crippen LogP contribution in [0.2, 0.25) is 0 Å². The third-order valence-corrected chi connectivity index (χ3v) is 7.30. The molecule has 0 amide bonds. The fraction of sp³-hybridized carbons (Fsp3) is 0.704. The zero-order valence-corrected chi connectivity index (χ0v) is 20.0. The topological polar surface area (TPSA) is 61.8 Å². The number of halogens is 1. The number of carbonyl (C=O) groups excluding carboxylic acids is 2. The number of esters is 1. The van der Waals surface area contributed by atoms with Crippen LogP contribution >= 0.6 is 0 Å². The Kier molecular flexibility index (Phi) is 10.2. The lowest BCUT2D eigenvalue weighted by Crippen LogP contribution is -2.29. The lowest BCUT2D eigenvalue weighted by Gasteiger charge is -2.27. The molecule has 184 valence electrons. The Balaban J connectivity index is 1.58. The van der Waals surface area contributed by atoms with Crippen molar-refractivity contribution in [3.63, 3.8) is 0 Å². The third-order valence-electron chi connectivity index (χ3n) is 7.30. The number of fused-ring (bicyclic) bond motifs is 1. The van der Waals surface area contributed by atoms with Crippen LogP contribution in [0.3, 0.4) is 0 Å². The number of hydrogen-bond acceptors (Lipinski definition) is 5. The lowest BCUT2D eigenvalue weighted by molar-refractivity contribution is -0.140. The number of rotatable bonds is 13. The highest BCUT2D eigenvalue weighted by Crippen LogP contribution is 2.52. The summed E-state index contributed by atoms with van der Waals surface area (Å²) in [6.07, 6.45) is 15.8. The molecule has 0 bridgehead atoms. The number of carbonyl (C=O) groups is 2. The summed E-state index contributed by atoms with van der Waals surface area (Å²) in [4.78, 5) is 23.7. The molecule has 3 rings (SSSR count). The molecule has 2 unspecified atom stereocenters. The van der Waals surface area contributed by atoms with Gasteiger partial charge in [0.25, 0.3) is 0 Å². The van der Waals surface area contributed by atoms with Crippen molar-refractivity contribution >= 4 is 11.8 Å². The molecule has 6 atom stereocenters. The highest BCUT2D eigenvalue weighted by molar-refractivity contribution is 5.82. The zero-order valence-electron chi connectivity index (χ0n) is 20.0. The molecule has 5 nitrogen and oxygen atoms in total. The summed E-state index contributed by atoms with van der Waals surface area (Å²) >= 11 is 0. The van der Waals surface area contributed by atoms with Crippen molar-refractivity contribution in [1.82, 2.24) is 0 Å². The number of ketones is 1. The van der Waals surface area contributed by atoms with Gasteiger partial charge in [-0.2, -0.15) is 0 Å². The van der Waals surface area contributed by atoms with Gasteiger partial charge in [0.2, 0.25) is 6.29 Å². The van der Waals surface area contributed by atoms with Gasteiger partial charge in [0, 0.05) is 12.8 Å². The quantitative estimate of drug-likeness (QED) is 0.191. The molecule has 0 N–H and O–H groups in total. The van der Waals surface area contributed by atoms with Gasteiger partial charge in [-0.1, -0.05) is 37.5 Å². The minimum absolute atomic E-state index is 0.0172. The van der Waals surface area contributed by atoms with E-state index in [2.05, 4.69) is 6.08 Å². The molecule has 1 aliphatic heterocycles. The Morgan fingerprint density at radius 1 is 1.24 bits per heavy atom. The van der Waals surface area contributed by atoms with Crippen molar-refractivity contribution in [2.75, 3.05) is 7.11 Å². The largest absolute Gasteiger partial charge is 0.469 e. The van der Waals surface area contributed by atoms with Crippen LogP contribution in [-0.4, -0.2) is 37.4 Å². The summed E-state index contributed by atoms with van der Waals surface area (Å²) in [5.41, 5.74) is 1.44. The minimum atomic E-state index is -1.34. The van der Waals surface area contributed by atoms with Crippen LogP contribution in [0, 0.1) is 17.8 Å². The van der Waals surface area contributed by atoms with Gasteiger partial charge in [0.05, 0.1) is 19.5 Å². The first-order valence-corrected chi connectivity index (χ1v) is 12.6. The van der Waals surface area contributed by atoms with Gasteiger partial charge in [0.15, 0.2) is 12.0 Å². The first kappa shape index (κ1) is 25.7. The van der Waals surface area contributed by atoms with E-state index in [-0.39, 0.29) is 30.2 Å². The molecule has 1 heterocycles. The summed E-state index contributed by atoms with van der Waals surface area (Å²) in [5, 5.41) is 0. The smallest absolute Gasteiger partial charge is 0.305 e. The number of unbranched alkanes of at least 4 members (excludes halogenated alkanes) is 2. The molecular weight excluding hydrogens is 423 g/mol. The molecule has 0 radical (unpaired) electrons. The van der Waals surface area contributed by atoms with E-state index in [0.717, 1.165) is 44.9 Å². The monoisotopic (exact) mass is 462 g/mol. The van der Waals surface area contributed by atoms with Crippen molar-refractivity contribution in [1.29, 1.82) is 0 Å². The number of hydrogen-bond donors (Lipinski definition) is 0. The first-order chi connectivity index (χ1) is 16.0. The van der Waals surface area contributed by atoms with E-state index in [1.165, 1.54) is 12.7 Å². The van der Waals surface area contributed by atoms with Crippen LogP contribution in [-0.2, 0) is 23.8 Å². The van der Waals surface area contributed by atoms with Gasteiger partial charge < -0.3 is 14.2 Å². The second-order valence-electron chi connectivity index (χ2n) is 9.57. The SMILES string of the molecule is CCCCC(F)C(=O)CCC1[C@H]2C/C(=C/CCCC(=O)OC)C[C@H]2C[C@H]1O[C@@H]1C=CC=CO1. The number of methoxy groups -OCH3 is 1. The van der Waals surface area contributed by atoms with E-state index < -0.39 is 12.5 Å². The predicted molar refractivity (Wildman–Crippen MR) is 125 cm³/mol. The van der Waals surface area contributed by atoms with Gasteiger partial charge >= 0.3 is 5.97 Å². The Labute approximate surface area is 197 Å². The molecule has 2 saturated carbocycles. The van der Waals surface area contributed by atoms with E-state index in [9.17, 15) is 14.0 Å². The van der Waals surface area contributed by atoms with Gasteiger partial charge in [-0.05, 0) is 74.9 Å². The molecule has 2 fully saturated rings. The Morgan fingerprint density at radius 3 is 2.82 bits per heavy atom. The number of allylic oxidation sites excluding steroid dienone is 4. The van der Waals surface area contributed by atoms with E-state index in [4.69, 9.17) is 14.2 Å². The van der Waals surface area contributed by atoms with Crippen LogP contribution in [0.25, 0.3) is 0 Å². The highest BCUT2D eigenvalue weighted by atomic mass is 19.1. The molecule has 0 aromatic heterocycles. The van der Waals surface area contributed by atoms with Crippen molar-refractivity contribution < 1.29 is 28.2 Å². The molecule has 0 spiro atoms. The predicted octanol–water partition coefficient (Wildman–Crippen LogP) is 5.99. The number of ether oxygens (including phenoxy) is 3. The summed E-state index contributed by atoms with van der Waals surface area (Å²) in [6, 6.07) is 0. The normalized spacial score (nSPS) is 30.3. The van der Waals surface area contributed by atoms with E-state index in [1.807, 2.05) is 25.2 Å². The maximum absolute atomic E-state index is 14.3. The fourth-order valence-electron chi connectivity index (χ4n) is 5.55. The summed E-state index contributed by atoms with van der Waals surface area (Å²) in [6.45, 7) is 2.01. The molecule has 0 aromatic rings. The maximum atomic E-state index is 14.3. The van der Waals surface area contributed by atoms with E-state index in [0.29, 0.717) is 31.1 Å². The Morgan fingerprint density at radius 2 is 2.09 bits per heavy atom.